The van der Waals surface area contributed by atoms with E-state index in [2.05, 4.69) is 5.10 Å². The maximum Gasteiger partial charge on any atom is 0.337 e. The van der Waals surface area contributed by atoms with Gasteiger partial charge in [-0.05, 0) is 48.9 Å². The van der Waals surface area contributed by atoms with E-state index in [0.29, 0.717) is 39.1 Å². The molecular weight excluding hydrogens is 419 g/mol. The standard InChI is InChI=1S/C20H16Cl2N2O5/c1-10-13(6-11-7-16(22)18(29-3)17(8-11)28-2)19(25)24(23-10)12-4-5-15(21)14(9-12)20(26)27/h4-9H,1-3H3,(H,26,27)/b13-6-. The van der Waals surface area contributed by atoms with Gasteiger partial charge >= 0.3 is 5.97 Å². The molecule has 7 nitrogen and oxygen atoms in total. The average Bonchev–Trinajstić information content (AvgIpc) is 2.96. The lowest BCUT2D eigenvalue weighted by Crippen LogP contribution is -2.21. The molecule has 0 spiro atoms. The van der Waals surface area contributed by atoms with E-state index in [0.717, 1.165) is 5.01 Å². The fraction of sp³-hybridized carbons (Fsp3) is 0.150. The Bertz CT molecular complexity index is 1080. The number of carboxylic acids is 1. The summed E-state index contributed by atoms with van der Waals surface area (Å²) in [5.74, 6) is -0.789. The summed E-state index contributed by atoms with van der Waals surface area (Å²) in [4.78, 5) is 24.2. The third-order valence-corrected chi connectivity index (χ3v) is 4.86. The van der Waals surface area contributed by atoms with E-state index in [-0.39, 0.29) is 10.6 Å². The number of hydrazone groups is 1. The molecule has 0 unspecified atom stereocenters. The van der Waals surface area contributed by atoms with Crippen LogP contribution in [0.3, 0.4) is 0 Å². The summed E-state index contributed by atoms with van der Waals surface area (Å²) in [7, 11) is 2.97. The van der Waals surface area contributed by atoms with E-state index >= 15 is 0 Å². The summed E-state index contributed by atoms with van der Waals surface area (Å²) in [5, 5.41) is 15.0. The van der Waals surface area contributed by atoms with Crippen molar-refractivity contribution in [2.45, 2.75) is 6.92 Å². The first-order valence-corrected chi connectivity index (χ1v) is 9.08. The molecule has 0 saturated heterocycles. The molecular formula is C20H16Cl2N2O5. The number of ether oxygens (including phenoxy) is 2. The number of anilines is 1. The number of rotatable bonds is 5. The topological polar surface area (TPSA) is 88.4 Å². The Morgan fingerprint density at radius 3 is 2.48 bits per heavy atom. The Morgan fingerprint density at radius 1 is 1.14 bits per heavy atom. The molecule has 2 aromatic rings. The Hall–Kier alpha value is -3.03. The summed E-state index contributed by atoms with van der Waals surface area (Å²) in [6.45, 7) is 1.68. The van der Waals surface area contributed by atoms with Gasteiger partial charge in [-0.3, -0.25) is 4.79 Å². The first-order valence-electron chi connectivity index (χ1n) is 8.33. The van der Waals surface area contributed by atoms with Crippen molar-refractivity contribution in [2.75, 3.05) is 19.2 Å². The SMILES string of the molecule is COc1cc(/C=C2\C(=O)N(c3ccc(Cl)c(C(=O)O)c3)N=C2C)cc(Cl)c1OC. The highest BCUT2D eigenvalue weighted by Gasteiger charge is 2.29. The Kier molecular flexibility index (Phi) is 5.81. The summed E-state index contributed by atoms with van der Waals surface area (Å²) < 4.78 is 10.5. The number of carbonyl (C=O) groups excluding carboxylic acids is 1. The summed E-state index contributed by atoms with van der Waals surface area (Å²) in [5.41, 5.74) is 1.60. The molecule has 1 heterocycles. The number of methoxy groups -OCH3 is 2. The number of benzene rings is 2. The van der Waals surface area contributed by atoms with Crippen molar-refractivity contribution < 1.29 is 24.2 Å². The minimum absolute atomic E-state index is 0.0735. The minimum Gasteiger partial charge on any atom is -0.493 e. The second kappa shape index (κ2) is 8.14. The van der Waals surface area contributed by atoms with Gasteiger partial charge in [0.05, 0.1) is 46.8 Å². The molecule has 1 aliphatic rings. The number of carboxylic acid groups (broad SMARTS) is 1. The van der Waals surface area contributed by atoms with Gasteiger partial charge < -0.3 is 14.6 Å². The zero-order valence-electron chi connectivity index (χ0n) is 15.7. The number of halogens is 2. The quantitative estimate of drug-likeness (QED) is 0.698. The van der Waals surface area contributed by atoms with Crippen LogP contribution in [0.4, 0.5) is 5.69 Å². The highest BCUT2D eigenvalue weighted by Crippen LogP contribution is 2.37. The normalized spacial score (nSPS) is 14.9. The van der Waals surface area contributed by atoms with E-state index < -0.39 is 11.9 Å². The molecule has 2 aromatic carbocycles. The molecule has 3 rings (SSSR count). The molecule has 0 aromatic heterocycles. The molecule has 0 bridgehead atoms. The van der Waals surface area contributed by atoms with Gasteiger partial charge in [0.15, 0.2) is 11.5 Å². The lowest BCUT2D eigenvalue weighted by Gasteiger charge is -2.13. The van der Waals surface area contributed by atoms with Crippen molar-refractivity contribution in [2.24, 2.45) is 5.10 Å². The maximum absolute atomic E-state index is 12.9. The number of nitrogens with zero attached hydrogens (tertiary/aromatic N) is 2. The van der Waals surface area contributed by atoms with Crippen molar-refractivity contribution in [3.05, 3.63) is 57.1 Å². The van der Waals surface area contributed by atoms with Crippen LogP contribution in [0.25, 0.3) is 6.08 Å². The van der Waals surface area contributed by atoms with Gasteiger partial charge in [0.1, 0.15) is 0 Å². The molecule has 0 aliphatic carbocycles. The average molecular weight is 435 g/mol. The number of hydrogen-bond donors (Lipinski definition) is 1. The van der Waals surface area contributed by atoms with Crippen LogP contribution in [0.2, 0.25) is 10.0 Å². The third kappa shape index (κ3) is 3.92. The van der Waals surface area contributed by atoms with Crippen LogP contribution in [0.1, 0.15) is 22.8 Å². The van der Waals surface area contributed by atoms with Crippen molar-refractivity contribution in [3.63, 3.8) is 0 Å². The van der Waals surface area contributed by atoms with Crippen LogP contribution < -0.4 is 14.5 Å². The van der Waals surface area contributed by atoms with Crippen molar-refractivity contribution in [1.82, 2.24) is 0 Å². The van der Waals surface area contributed by atoms with Crippen LogP contribution >= 0.6 is 23.2 Å². The third-order valence-electron chi connectivity index (χ3n) is 4.25. The molecule has 150 valence electrons. The van der Waals surface area contributed by atoms with Gasteiger partial charge in [-0.15, -0.1) is 0 Å². The van der Waals surface area contributed by atoms with Gasteiger partial charge in [0.25, 0.3) is 5.91 Å². The summed E-state index contributed by atoms with van der Waals surface area (Å²) in [6.07, 6.45) is 1.63. The molecule has 0 fully saturated rings. The maximum atomic E-state index is 12.9. The summed E-state index contributed by atoms with van der Waals surface area (Å²) >= 11 is 12.1. The van der Waals surface area contributed by atoms with Crippen LogP contribution in [0.5, 0.6) is 11.5 Å². The fourth-order valence-corrected chi connectivity index (χ4v) is 3.35. The van der Waals surface area contributed by atoms with Crippen molar-refractivity contribution in [1.29, 1.82) is 0 Å². The second-order valence-electron chi connectivity index (χ2n) is 6.07. The Morgan fingerprint density at radius 2 is 1.86 bits per heavy atom. The van der Waals surface area contributed by atoms with Gasteiger partial charge in [-0.25, -0.2) is 4.79 Å². The molecule has 1 N–H and O–H groups in total. The predicted octanol–water partition coefficient (Wildman–Crippen LogP) is 4.51. The Labute approximate surface area is 176 Å². The van der Waals surface area contributed by atoms with Crippen LogP contribution in [0.15, 0.2) is 41.0 Å². The number of carbonyl (C=O) groups is 2. The molecule has 1 amide bonds. The van der Waals surface area contributed by atoms with E-state index in [1.165, 1.54) is 32.4 Å². The van der Waals surface area contributed by atoms with E-state index in [1.807, 2.05) is 0 Å². The first-order chi connectivity index (χ1) is 13.8. The van der Waals surface area contributed by atoms with E-state index in [4.69, 9.17) is 32.7 Å². The van der Waals surface area contributed by atoms with Gasteiger partial charge in [0.2, 0.25) is 0 Å². The highest BCUT2D eigenvalue weighted by atomic mass is 35.5. The largest absolute Gasteiger partial charge is 0.493 e. The lowest BCUT2D eigenvalue weighted by molar-refractivity contribution is -0.114. The number of amides is 1. The van der Waals surface area contributed by atoms with Gasteiger partial charge in [-0.1, -0.05) is 23.2 Å². The second-order valence-corrected chi connectivity index (χ2v) is 6.88. The smallest absolute Gasteiger partial charge is 0.337 e. The van der Waals surface area contributed by atoms with E-state index in [1.54, 1.807) is 25.1 Å². The van der Waals surface area contributed by atoms with Crippen LogP contribution in [-0.4, -0.2) is 36.9 Å². The van der Waals surface area contributed by atoms with Crippen LogP contribution in [-0.2, 0) is 4.79 Å². The molecule has 29 heavy (non-hydrogen) atoms. The Balaban J connectivity index is 2.00. The predicted molar refractivity (Wildman–Crippen MR) is 112 cm³/mol. The lowest BCUT2D eigenvalue weighted by atomic mass is 10.1. The van der Waals surface area contributed by atoms with Crippen molar-refractivity contribution >= 4 is 52.6 Å². The number of aromatic carboxylic acids is 1. The molecule has 0 radical (unpaired) electrons. The van der Waals surface area contributed by atoms with Crippen molar-refractivity contribution in [3.8, 4) is 11.5 Å². The minimum atomic E-state index is -1.19. The monoisotopic (exact) mass is 434 g/mol. The molecule has 0 saturated carbocycles. The fourth-order valence-electron chi connectivity index (χ4n) is 2.86. The zero-order chi connectivity index (χ0) is 21.3. The molecule has 0 atom stereocenters. The van der Waals surface area contributed by atoms with Gasteiger partial charge in [-0.2, -0.15) is 10.1 Å². The van der Waals surface area contributed by atoms with Crippen LogP contribution in [0, 0.1) is 0 Å². The van der Waals surface area contributed by atoms with Gasteiger partial charge in [0, 0.05) is 0 Å². The highest BCUT2D eigenvalue weighted by molar-refractivity contribution is 6.35. The summed E-state index contributed by atoms with van der Waals surface area (Å²) in [6, 6.07) is 7.57. The molecule has 1 aliphatic heterocycles. The zero-order valence-corrected chi connectivity index (χ0v) is 17.2. The van der Waals surface area contributed by atoms with E-state index in [9.17, 15) is 14.7 Å². The number of hydrogen-bond acceptors (Lipinski definition) is 5. The first kappa shape index (κ1) is 20.7. The molecule has 9 heteroatoms.